The molecule has 0 aromatic carbocycles. The topological polar surface area (TPSA) is 43.4 Å². The summed E-state index contributed by atoms with van der Waals surface area (Å²) in [7, 11) is 0. The number of carbonyl (C=O) groups excluding carboxylic acids is 2. The molecule has 3 saturated carbocycles. The minimum Gasteiger partial charge on any atom is -0.465 e. The van der Waals surface area contributed by atoms with E-state index in [9.17, 15) is 9.59 Å². The van der Waals surface area contributed by atoms with Crippen molar-refractivity contribution >= 4 is 11.8 Å². The Hall–Kier alpha value is -0.860. The molecule has 3 nitrogen and oxygen atoms in total. The first kappa shape index (κ1) is 24.8. The van der Waals surface area contributed by atoms with Crippen molar-refractivity contribution in [3.05, 3.63) is 0 Å². The molecule has 31 heavy (non-hydrogen) atoms. The summed E-state index contributed by atoms with van der Waals surface area (Å²) in [5.41, 5.74) is -0.891. The maximum Gasteiger partial charge on any atom is 0.319 e. The molecule has 0 aromatic heterocycles. The lowest BCUT2D eigenvalue weighted by molar-refractivity contribution is -0.162. The van der Waals surface area contributed by atoms with E-state index in [-0.39, 0.29) is 11.8 Å². The van der Waals surface area contributed by atoms with Gasteiger partial charge in [-0.3, -0.25) is 9.59 Å². The summed E-state index contributed by atoms with van der Waals surface area (Å²) >= 11 is 0. The summed E-state index contributed by atoms with van der Waals surface area (Å²) in [4.78, 5) is 25.5. The lowest BCUT2D eigenvalue weighted by Gasteiger charge is -2.42. The fourth-order valence-corrected chi connectivity index (χ4v) is 6.79. The molecular formula is C28H48O3. The summed E-state index contributed by atoms with van der Waals surface area (Å²) in [5.74, 6) is 3.95. The Bertz CT molecular complexity index is 569. The molecule has 0 aromatic rings. The van der Waals surface area contributed by atoms with Gasteiger partial charge in [-0.15, -0.1) is 0 Å². The molecule has 0 saturated heterocycles. The van der Waals surface area contributed by atoms with Crippen LogP contribution in [0.25, 0.3) is 0 Å². The third-order valence-corrected chi connectivity index (χ3v) is 9.27. The molecule has 3 aliphatic rings. The van der Waals surface area contributed by atoms with Crippen LogP contribution in [0.2, 0.25) is 0 Å². The van der Waals surface area contributed by atoms with Crippen LogP contribution in [0.15, 0.2) is 0 Å². The normalized spacial score (nSPS) is 36.9. The minimum absolute atomic E-state index is 0.137. The lowest BCUT2D eigenvalue weighted by atomic mass is 9.62. The van der Waals surface area contributed by atoms with E-state index in [2.05, 4.69) is 13.8 Å². The average molecular weight is 433 g/mol. The number of unbranched alkanes of at least 4 members (excludes halogenated alkanes) is 2. The maximum atomic E-state index is 13.0. The lowest BCUT2D eigenvalue weighted by Crippen LogP contribution is -2.44. The molecule has 178 valence electrons. The van der Waals surface area contributed by atoms with Gasteiger partial charge in [-0.2, -0.15) is 0 Å². The van der Waals surface area contributed by atoms with Crippen molar-refractivity contribution in [2.24, 2.45) is 35.0 Å². The van der Waals surface area contributed by atoms with Crippen LogP contribution in [-0.2, 0) is 14.3 Å². The van der Waals surface area contributed by atoms with Gasteiger partial charge in [-0.25, -0.2) is 0 Å². The standard InChI is InChI=1S/C28H48O3/c1-4-6-8-21-9-11-22(12-10-21)23-13-15-24(16-14-23)25-17-18-28(3,26(29)20-25)27(30)31-19-7-5-2/h21-25H,4-20H2,1-3H3/t21-,22-,23?,24?,25-,28+/m1/s1. The molecule has 3 rings (SSSR count). The fraction of sp³-hybridized carbons (Fsp3) is 0.929. The van der Waals surface area contributed by atoms with Crippen LogP contribution in [-0.4, -0.2) is 18.4 Å². The minimum atomic E-state index is -0.891. The van der Waals surface area contributed by atoms with Crippen LogP contribution < -0.4 is 0 Å². The van der Waals surface area contributed by atoms with Gasteiger partial charge in [0.25, 0.3) is 0 Å². The summed E-state index contributed by atoms with van der Waals surface area (Å²) in [6.45, 7) is 6.67. The smallest absolute Gasteiger partial charge is 0.319 e. The van der Waals surface area contributed by atoms with Crippen molar-refractivity contribution in [1.82, 2.24) is 0 Å². The van der Waals surface area contributed by atoms with Crippen molar-refractivity contribution in [3.8, 4) is 0 Å². The Morgan fingerprint density at radius 2 is 1.39 bits per heavy atom. The van der Waals surface area contributed by atoms with Crippen LogP contribution in [0, 0.1) is 35.0 Å². The SMILES string of the molecule is CCCCOC(=O)[C@@]1(C)CC[C@@H](C2CCC([C@H]3CC[C@H](CCCC)CC3)CC2)CC1=O. The van der Waals surface area contributed by atoms with Gasteiger partial charge in [-0.1, -0.05) is 52.4 Å². The highest BCUT2D eigenvalue weighted by Gasteiger charge is 2.47. The van der Waals surface area contributed by atoms with Gasteiger partial charge in [0.2, 0.25) is 0 Å². The summed E-state index contributed by atoms with van der Waals surface area (Å²) in [5, 5.41) is 0. The molecule has 0 aliphatic heterocycles. The van der Waals surface area contributed by atoms with Crippen LogP contribution in [0.4, 0.5) is 0 Å². The van der Waals surface area contributed by atoms with Gasteiger partial charge in [-0.05, 0) is 94.3 Å². The van der Waals surface area contributed by atoms with Gasteiger partial charge >= 0.3 is 5.97 Å². The zero-order chi connectivity index (χ0) is 22.3. The third kappa shape index (κ3) is 6.35. The van der Waals surface area contributed by atoms with E-state index < -0.39 is 5.41 Å². The Morgan fingerprint density at radius 3 is 1.94 bits per heavy atom. The number of rotatable bonds is 9. The summed E-state index contributed by atoms with van der Waals surface area (Å²) in [6, 6.07) is 0. The Kier molecular flexibility index (Phi) is 9.47. The molecule has 0 radical (unpaired) electrons. The third-order valence-electron chi connectivity index (χ3n) is 9.27. The first-order valence-electron chi connectivity index (χ1n) is 13.7. The molecule has 3 fully saturated rings. The number of hydrogen-bond acceptors (Lipinski definition) is 3. The molecule has 0 spiro atoms. The number of ether oxygens (including phenoxy) is 1. The van der Waals surface area contributed by atoms with Crippen molar-refractivity contribution in [1.29, 1.82) is 0 Å². The zero-order valence-corrected chi connectivity index (χ0v) is 20.6. The first-order chi connectivity index (χ1) is 15.0. The predicted molar refractivity (Wildman–Crippen MR) is 127 cm³/mol. The Morgan fingerprint density at radius 1 is 0.839 bits per heavy atom. The van der Waals surface area contributed by atoms with Gasteiger partial charge in [0.1, 0.15) is 11.2 Å². The molecule has 0 unspecified atom stereocenters. The molecule has 3 heteroatoms. The van der Waals surface area contributed by atoms with Crippen molar-refractivity contribution in [2.45, 2.75) is 124 Å². The van der Waals surface area contributed by atoms with Crippen molar-refractivity contribution in [3.63, 3.8) is 0 Å². The number of ketones is 1. The first-order valence-corrected chi connectivity index (χ1v) is 13.7. The fourth-order valence-electron chi connectivity index (χ4n) is 6.79. The van der Waals surface area contributed by atoms with Crippen molar-refractivity contribution in [2.75, 3.05) is 6.61 Å². The monoisotopic (exact) mass is 432 g/mol. The molecule has 3 aliphatic carbocycles. The van der Waals surface area contributed by atoms with Crippen LogP contribution >= 0.6 is 0 Å². The quantitative estimate of drug-likeness (QED) is 0.215. The second kappa shape index (κ2) is 11.8. The van der Waals surface area contributed by atoms with E-state index in [0.717, 1.165) is 37.0 Å². The molecule has 0 heterocycles. The van der Waals surface area contributed by atoms with Crippen molar-refractivity contribution < 1.29 is 14.3 Å². The second-order valence-corrected chi connectivity index (χ2v) is 11.3. The van der Waals surface area contributed by atoms with E-state index in [1.165, 1.54) is 70.6 Å². The maximum absolute atomic E-state index is 13.0. The Balaban J connectivity index is 1.41. The van der Waals surface area contributed by atoms with E-state index in [0.29, 0.717) is 31.3 Å². The largest absolute Gasteiger partial charge is 0.465 e. The molecule has 0 bridgehead atoms. The van der Waals surface area contributed by atoms with Gasteiger partial charge in [0.05, 0.1) is 6.61 Å². The number of esters is 1. The Labute approximate surface area is 191 Å². The highest BCUT2D eigenvalue weighted by Crippen LogP contribution is 2.47. The predicted octanol–water partition coefficient (Wildman–Crippen LogP) is 7.51. The summed E-state index contributed by atoms with van der Waals surface area (Å²) in [6.07, 6.45) is 19.6. The second-order valence-electron chi connectivity index (χ2n) is 11.3. The van der Waals surface area contributed by atoms with Gasteiger partial charge < -0.3 is 4.74 Å². The van der Waals surface area contributed by atoms with E-state index in [1.54, 1.807) is 0 Å². The molecule has 2 atom stereocenters. The van der Waals surface area contributed by atoms with Gasteiger partial charge in [0, 0.05) is 6.42 Å². The molecule has 0 N–H and O–H groups in total. The number of carbonyl (C=O) groups is 2. The highest BCUT2D eigenvalue weighted by molar-refractivity contribution is 6.04. The zero-order valence-electron chi connectivity index (χ0n) is 20.6. The van der Waals surface area contributed by atoms with Crippen LogP contribution in [0.5, 0.6) is 0 Å². The number of hydrogen-bond donors (Lipinski definition) is 0. The molecular weight excluding hydrogens is 384 g/mol. The average Bonchev–Trinajstić information content (AvgIpc) is 2.80. The van der Waals surface area contributed by atoms with Crippen LogP contribution in [0.3, 0.4) is 0 Å². The number of Topliss-reactive ketones (excluding diaryl/α,β-unsaturated/α-hetero) is 1. The van der Waals surface area contributed by atoms with E-state index in [1.807, 2.05) is 6.92 Å². The van der Waals surface area contributed by atoms with Gasteiger partial charge in [0.15, 0.2) is 0 Å². The highest BCUT2D eigenvalue weighted by atomic mass is 16.5. The summed E-state index contributed by atoms with van der Waals surface area (Å²) < 4.78 is 5.43. The molecule has 0 amide bonds. The van der Waals surface area contributed by atoms with E-state index >= 15 is 0 Å². The van der Waals surface area contributed by atoms with E-state index in [4.69, 9.17) is 4.74 Å². The van der Waals surface area contributed by atoms with Crippen LogP contribution in [0.1, 0.15) is 124 Å².